The van der Waals surface area contributed by atoms with E-state index in [2.05, 4.69) is 5.48 Å². The Balaban J connectivity index is 2.23. The molecule has 0 bridgehead atoms. The number of para-hydroxylation sites is 2. The third-order valence-electron chi connectivity index (χ3n) is 2.73. The number of rotatable bonds is 1. The smallest absolute Gasteiger partial charge is 0.194 e. The topological polar surface area (TPSA) is 82.5 Å². The van der Waals surface area contributed by atoms with Crippen LogP contribution in [0.2, 0.25) is 0 Å². The maximum Gasteiger partial charge on any atom is 0.194 e. The lowest BCUT2D eigenvalue weighted by atomic mass is 10.0. The third kappa shape index (κ3) is 1.44. The van der Waals surface area contributed by atoms with E-state index < -0.39 is 0 Å². The second kappa shape index (κ2) is 3.57. The van der Waals surface area contributed by atoms with Crippen molar-refractivity contribution in [1.82, 2.24) is 0 Å². The van der Waals surface area contributed by atoms with Crippen molar-refractivity contribution in [2.75, 3.05) is 16.9 Å². The average Bonchev–Trinajstić information content (AvgIpc) is 2.81. The summed E-state index contributed by atoms with van der Waals surface area (Å²) < 4.78 is 0. The van der Waals surface area contributed by atoms with Crippen LogP contribution in [0.3, 0.4) is 0 Å². The van der Waals surface area contributed by atoms with Gasteiger partial charge in [-0.3, -0.25) is 0 Å². The lowest BCUT2D eigenvalue weighted by molar-refractivity contribution is -0.160. The molecule has 5 nitrogen and oxygen atoms in total. The molecule has 86 valence electrons. The largest absolute Gasteiger partial charge is 0.397 e. The second-order valence-corrected chi connectivity index (χ2v) is 3.76. The summed E-state index contributed by atoms with van der Waals surface area (Å²) in [6.07, 6.45) is 0. The molecule has 0 fully saturated rings. The Morgan fingerprint density at radius 1 is 0.941 bits per heavy atom. The zero-order chi connectivity index (χ0) is 11.8. The van der Waals surface area contributed by atoms with Gasteiger partial charge in [0.1, 0.15) is 5.69 Å². The fourth-order valence-electron chi connectivity index (χ4n) is 1.86. The van der Waals surface area contributed by atoms with Crippen LogP contribution in [0, 0.1) is 0 Å². The third-order valence-corrected chi connectivity index (χ3v) is 2.73. The van der Waals surface area contributed by atoms with Gasteiger partial charge in [0.05, 0.1) is 11.4 Å². The summed E-state index contributed by atoms with van der Waals surface area (Å²) in [7, 11) is 0. The molecule has 0 atom stereocenters. The first-order valence-corrected chi connectivity index (χ1v) is 5.14. The molecule has 1 aliphatic rings. The Kier molecular flexibility index (Phi) is 2.06. The zero-order valence-electron chi connectivity index (χ0n) is 8.94. The molecule has 3 rings (SSSR count). The first kappa shape index (κ1) is 9.80. The number of nitrogens with one attached hydrogen (secondary N) is 1. The molecule has 5 heteroatoms. The van der Waals surface area contributed by atoms with Crippen LogP contribution in [0.15, 0.2) is 36.4 Å². The van der Waals surface area contributed by atoms with Gasteiger partial charge in [-0.05, 0) is 12.1 Å². The number of nitrogen functional groups attached to an aromatic ring is 2. The second-order valence-electron chi connectivity index (χ2n) is 3.76. The minimum atomic E-state index is 0.551. The molecule has 5 N–H and O–H groups in total. The molecule has 1 aliphatic heterocycles. The van der Waals surface area contributed by atoms with Crippen LogP contribution in [-0.4, -0.2) is 0 Å². The minimum Gasteiger partial charge on any atom is -0.397 e. The molecule has 2 aromatic carbocycles. The Morgan fingerprint density at radius 3 is 2.59 bits per heavy atom. The van der Waals surface area contributed by atoms with Gasteiger partial charge in [0.25, 0.3) is 0 Å². The molecule has 0 amide bonds. The number of hydrogen-bond donors (Lipinski definition) is 3. The van der Waals surface area contributed by atoms with Crippen molar-refractivity contribution in [3.05, 3.63) is 36.4 Å². The van der Waals surface area contributed by atoms with Crippen molar-refractivity contribution in [1.29, 1.82) is 0 Å². The molecule has 0 aliphatic carbocycles. The quantitative estimate of drug-likeness (QED) is 0.515. The van der Waals surface area contributed by atoms with Crippen LogP contribution in [0.25, 0.3) is 11.1 Å². The van der Waals surface area contributed by atoms with Gasteiger partial charge >= 0.3 is 0 Å². The van der Waals surface area contributed by atoms with E-state index in [-0.39, 0.29) is 0 Å². The highest BCUT2D eigenvalue weighted by Crippen LogP contribution is 2.41. The van der Waals surface area contributed by atoms with Crippen LogP contribution in [-0.2, 0) is 4.99 Å². The van der Waals surface area contributed by atoms with Crippen LogP contribution in [0.1, 0.15) is 0 Å². The highest BCUT2D eigenvalue weighted by atomic mass is 17.3. The molecule has 17 heavy (non-hydrogen) atoms. The van der Waals surface area contributed by atoms with Crippen molar-refractivity contribution in [3.8, 4) is 16.9 Å². The Morgan fingerprint density at radius 2 is 1.71 bits per heavy atom. The van der Waals surface area contributed by atoms with Crippen LogP contribution in [0.4, 0.5) is 17.1 Å². The van der Waals surface area contributed by atoms with Gasteiger partial charge in [0.15, 0.2) is 5.75 Å². The van der Waals surface area contributed by atoms with Gasteiger partial charge in [0.2, 0.25) is 0 Å². The number of nitrogens with two attached hydrogens (primary N) is 2. The van der Waals surface area contributed by atoms with Gasteiger partial charge in [-0.25, -0.2) is 5.48 Å². The predicted molar refractivity (Wildman–Crippen MR) is 66.0 cm³/mol. The summed E-state index contributed by atoms with van der Waals surface area (Å²) in [5, 5.41) is 0. The fraction of sp³-hybridized carbons (Fsp3) is 0. The van der Waals surface area contributed by atoms with Gasteiger partial charge in [0, 0.05) is 11.1 Å². The van der Waals surface area contributed by atoms with E-state index in [9.17, 15) is 0 Å². The van der Waals surface area contributed by atoms with E-state index in [0.717, 1.165) is 16.8 Å². The summed E-state index contributed by atoms with van der Waals surface area (Å²) in [4.78, 5) is 9.67. The van der Waals surface area contributed by atoms with Gasteiger partial charge in [-0.2, -0.15) is 0 Å². The molecule has 0 aromatic heterocycles. The van der Waals surface area contributed by atoms with Crippen LogP contribution < -0.4 is 21.8 Å². The van der Waals surface area contributed by atoms with Gasteiger partial charge < -0.3 is 16.4 Å². The SMILES string of the molecule is Nc1cccc(-c2cccc3c2NOO3)c1N. The van der Waals surface area contributed by atoms with Crippen molar-refractivity contribution >= 4 is 17.1 Å². The summed E-state index contributed by atoms with van der Waals surface area (Å²) >= 11 is 0. The molecule has 2 aromatic rings. The summed E-state index contributed by atoms with van der Waals surface area (Å²) in [6, 6.07) is 11.1. The monoisotopic (exact) mass is 229 g/mol. The maximum atomic E-state index is 5.97. The fourth-order valence-corrected chi connectivity index (χ4v) is 1.86. The van der Waals surface area contributed by atoms with Crippen molar-refractivity contribution in [3.63, 3.8) is 0 Å². The number of benzene rings is 2. The van der Waals surface area contributed by atoms with E-state index in [1.165, 1.54) is 0 Å². The molecule has 0 unspecified atom stereocenters. The molecule has 0 spiro atoms. The first-order valence-electron chi connectivity index (χ1n) is 5.14. The van der Waals surface area contributed by atoms with E-state index in [0.29, 0.717) is 17.1 Å². The lowest BCUT2D eigenvalue weighted by Crippen LogP contribution is -1.98. The predicted octanol–water partition coefficient (Wildman–Crippen LogP) is 2.17. The molecular weight excluding hydrogens is 218 g/mol. The zero-order valence-corrected chi connectivity index (χ0v) is 8.94. The van der Waals surface area contributed by atoms with Crippen molar-refractivity contribution in [2.24, 2.45) is 0 Å². The summed E-state index contributed by atoms with van der Waals surface area (Å²) in [6.45, 7) is 0. The highest BCUT2D eigenvalue weighted by molar-refractivity contribution is 5.91. The van der Waals surface area contributed by atoms with E-state index in [1.807, 2.05) is 24.3 Å². The summed E-state index contributed by atoms with van der Waals surface area (Å²) in [5.74, 6) is 0.629. The molecular formula is C12H11N3O2. The Labute approximate surface area is 97.8 Å². The Hall–Kier alpha value is -2.40. The lowest BCUT2D eigenvalue weighted by Gasteiger charge is -2.10. The minimum absolute atomic E-state index is 0.551. The normalized spacial score (nSPS) is 12.7. The Bertz CT molecular complexity index is 584. The van der Waals surface area contributed by atoms with E-state index in [4.69, 9.17) is 21.3 Å². The summed E-state index contributed by atoms with van der Waals surface area (Å²) in [5.41, 5.74) is 18.1. The first-order chi connectivity index (χ1) is 8.27. The van der Waals surface area contributed by atoms with E-state index in [1.54, 1.807) is 12.1 Å². The highest BCUT2D eigenvalue weighted by Gasteiger charge is 2.19. The average molecular weight is 229 g/mol. The van der Waals surface area contributed by atoms with Gasteiger partial charge in [-0.1, -0.05) is 29.3 Å². The number of hydrogen-bond acceptors (Lipinski definition) is 5. The maximum absolute atomic E-state index is 5.97. The number of anilines is 3. The van der Waals surface area contributed by atoms with Gasteiger partial charge in [-0.15, -0.1) is 0 Å². The molecule has 1 heterocycles. The molecule has 0 radical (unpaired) electrons. The van der Waals surface area contributed by atoms with Crippen LogP contribution in [0.5, 0.6) is 5.75 Å². The molecule has 0 saturated carbocycles. The molecule has 0 saturated heterocycles. The van der Waals surface area contributed by atoms with E-state index >= 15 is 0 Å². The van der Waals surface area contributed by atoms with Crippen molar-refractivity contribution < 1.29 is 9.88 Å². The van der Waals surface area contributed by atoms with Crippen LogP contribution >= 0.6 is 0 Å². The standard InChI is InChI=1S/C12H11N3O2/c13-9-5-1-3-7(11(9)14)8-4-2-6-10-12(8)15-17-16-10/h1-6,15H,13-14H2. The van der Waals surface area contributed by atoms with Crippen molar-refractivity contribution in [2.45, 2.75) is 0 Å². The number of fused-ring (bicyclic) bond motifs is 1.